The summed E-state index contributed by atoms with van der Waals surface area (Å²) in [5, 5.41) is 3.51. The molecular weight excluding hydrogens is 416 g/mol. The Balaban J connectivity index is 1.49. The van der Waals surface area contributed by atoms with Crippen LogP contribution in [-0.4, -0.2) is 55.4 Å². The minimum absolute atomic E-state index is 0.0342. The van der Waals surface area contributed by atoms with E-state index in [4.69, 9.17) is 9.47 Å². The zero-order valence-electron chi connectivity index (χ0n) is 17.6. The van der Waals surface area contributed by atoms with E-state index in [1.807, 2.05) is 0 Å². The molecule has 164 valence electrons. The molecule has 0 radical (unpaired) electrons. The van der Waals surface area contributed by atoms with Crippen LogP contribution < -0.4 is 10.1 Å². The summed E-state index contributed by atoms with van der Waals surface area (Å²) in [6.07, 6.45) is 3.95. The predicted molar refractivity (Wildman–Crippen MR) is 118 cm³/mol. The van der Waals surface area contributed by atoms with Crippen molar-refractivity contribution in [3.05, 3.63) is 45.8 Å². The quantitative estimate of drug-likeness (QED) is 0.694. The summed E-state index contributed by atoms with van der Waals surface area (Å²) in [5.74, 6) is 0.0270. The van der Waals surface area contributed by atoms with Gasteiger partial charge in [-0.05, 0) is 50.3 Å². The van der Waals surface area contributed by atoms with E-state index in [0.29, 0.717) is 48.2 Å². The molecule has 1 aliphatic heterocycles. The second kappa shape index (κ2) is 9.62. The molecule has 0 unspecified atom stereocenters. The zero-order chi connectivity index (χ0) is 21.8. The number of carbonyl (C=O) groups is 3. The fraction of sp³-hybridized carbons (Fsp3) is 0.435. The van der Waals surface area contributed by atoms with Crippen molar-refractivity contribution in [2.45, 2.75) is 32.6 Å². The van der Waals surface area contributed by atoms with Gasteiger partial charge in [0.1, 0.15) is 10.8 Å². The number of amides is 2. The first-order chi connectivity index (χ1) is 15.0. The Morgan fingerprint density at radius 3 is 2.71 bits per heavy atom. The molecule has 1 aliphatic carbocycles. The lowest BCUT2D eigenvalue weighted by Gasteiger charge is -2.27. The van der Waals surface area contributed by atoms with Crippen LogP contribution in [0.2, 0.25) is 0 Å². The van der Waals surface area contributed by atoms with Crippen molar-refractivity contribution in [3.63, 3.8) is 0 Å². The van der Waals surface area contributed by atoms with Crippen molar-refractivity contribution < 1.29 is 23.9 Å². The van der Waals surface area contributed by atoms with Crippen LogP contribution in [-0.2, 0) is 22.4 Å². The first-order valence-corrected chi connectivity index (χ1v) is 11.4. The molecule has 0 bridgehead atoms. The Hall–Kier alpha value is -2.71. The summed E-state index contributed by atoms with van der Waals surface area (Å²) in [6, 6.07) is 6.75. The number of hydrogen-bond donors (Lipinski definition) is 1. The lowest BCUT2D eigenvalue weighted by Crippen LogP contribution is -2.41. The Morgan fingerprint density at radius 1 is 1.16 bits per heavy atom. The third-order valence-electron chi connectivity index (χ3n) is 5.55. The average molecular weight is 443 g/mol. The number of thiophene rings is 1. The number of hydrogen-bond acceptors (Lipinski definition) is 6. The molecule has 8 heteroatoms. The highest BCUT2D eigenvalue weighted by Gasteiger charge is 2.30. The van der Waals surface area contributed by atoms with Crippen LogP contribution in [0.15, 0.2) is 24.3 Å². The number of ether oxygens (including phenoxy) is 2. The largest absolute Gasteiger partial charge is 0.484 e. The van der Waals surface area contributed by atoms with E-state index in [1.165, 1.54) is 23.1 Å². The van der Waals surface area contributed by atoms with Crippen LogP contribution >= 0.6 is 11.3 Å². The van der Waals surface area contributed by atoms with Gasteiger partial charge in [-0.25, -0.2) is 0 Å². The van der Waals surface area contributed by atoms with Crippen molar-refractivity contribution in [2.24, 2.45) is 0 Å². The number of morpholine rings is 1. The van der Waals surface area contributed by atoms with E-state index in [1.54, 1.807) is 29.2 Å². The smallest absolute Gasteiger partial charge is 0.262 e. The van der Waals surface area contributed by atoms with Gasteiger partial charge in [-0.1, -0.05) is 12.1 Å². The van der Waals surface area contributed by atoms with E-state index >= 15 is 0 Å². The van der Waals surface area contributed by atoms with Gasteiger partial charge in [0.15, 0.2) is 12.4 Å². The first kappa shape index (κ1) is 21.5. The molecule has 7 nitrogen and oxygen atoms in total. The van der Waals surface area contributed by atoms with Gasteiger partial charge in [0, 0.05) is 23.5 Å². The van der Waals surface area contributed by atoms with E-state index in [2.05, 4.69) is 5.32 Å². The number of anilines is 1. The SMILES string of the molecule is CC(=O)c1cccc(OCC(=O)Nc2sc3c(c2C(=O)N2CCOCC2)CCCC3)c1. The number of nitrogens with zero attached hydrogens (tertiary/aromatic N) is 1. The number of rotatable bonds is 6. The molecule has 2 aliphatic rings. The third-order valence-corrected chi connectivity index (χ3v) is 6.75. The van der Waals surface area contributed by atoms with Crippen LogP contribution in [0.25, 0.3) is 0 Å². The molecule has 1 saturated heterocycles. The molecule has 2 aromatic rings. The highest BCUT2D eigenvalue weighted by atomic mass is 32.1. The predicted octanol–water partition coefficient (Wildman–Crippen LogP) is 3.32. The molecule has 1 aromatic heterocycles. The third kappa shape index (κ3) is 4.97. The minimum Gasteiger partial charge on any atom is -0.484 e. The summed E-state index contributed by atoms with van der Waals surface area (Å²) in [4.78, 5) is 40.4. The van der Waals surface area contributed by atoms with Gasteiger partial charge in [0.05, 0.1) is 18.8 Å². The van der Waals surface area contributed by atoms with Crippen LogP contribution in [0, 0.1) is 0 Å². The van der Waals surface area contributed by atoms with Crippen LogP contribution in [0.3, 0.4) is 0 Å². The lowest BCUT2D eigenvalue weighted by molar-refractivity contribution is -0.118. The van der Waals surface area contributed by atoms with Gasteiger partial charge in [-0.3, -0.25) is 14.4 Å². The van der Waals surface area contributed by atoms with Crippen LogP contribution in [0.4, 0.5) is 5.00 Å². The maximum absolute atomic E-state index is 13.3. The molecule has 1 aromatic carbocycles. The summed E-state index contributed by atoms with van der Waals surface area (Å²) >= 11 is 1.50. The van der Waals surface area contributed by atoms with E-state index in [-0.39, 0.29) is 24.2 Å². The fourth-order valence-electron chi connectivity index (χ4n) is 3.92. The molecule has 1 N–H and O–H groups in total. The monoisotopic (exact) mass is 442 g/mol. The summed E-state index contributed by atoms with van der Waals surface area (Å²) in [6.45, 7) is 3.48. The number of aryl methyl sites for hydroxylation is 1. The molecule has 2 heterocycles. The van der Waals surface area contributed by atoms with Crippen molar-refractivity contribution in [2.75, 3.05) is 38.2 Å². The van der Waals surface area contributed by atoms with Gasteiger partial charge < -0.3 is 19.7 Å². The highest BCUT2D eigenvalue weighted by Crippen LogP contribution is 2.39. The summed E-state index contributed by atoms with van der Waals surface area (Å²) < 4.78 is 11.0. The molecule has 2 amide bonds. The van der Waals surface area contributed by atoms with Crippen molar-refractivity contribution in [1.29, 1.82) is 0 Å². The number of benzene rings is 1. The Labute approximate surface area is 185 Å². The van der Waals surface area contributed by atoms with Crippen molar-refractivity contribution >= 4 is 33.9 Å². The van der Waals surface area contributed by atoms with Crippen LogP contribution in [0.5, 0.6) is 5.75 Å². The molecule has 0 atom stereocenters. The van der Waals surface area contributed by atoms with Gasteiger partial charge in [0.25, 0.3) is 11.8 Å². The summed E-state index contributed by atoms with van der Waals surface area (Å²) in [7, 11) is 0. The normalized spacial score (nSPS) is 15.8. The first-order valence-electron chi connectivity index (χ1n) is 10.6. The number of fused-ring (bicyclic) bond motifs is 1. The van der Waals surface area contributed by atoms with Gasteiger partial charge in [-0.2, -0.15) is 0 Å². The maximum atomic E-state index is 13.3. The maximum Gasteiger partial charge on any atom is 0.262 e. The van der Waals surface area contributed by atoms with E-state index in [9.17, 15) is 14.4 Å². The van der Waals surface area contributed by atoms with E-state index in [0.717, 1.165) is 31.2 Å². The molecule has 31 heavy (non-hydrogen) atoms. The number of carbonyl (C=O) groups excluding carboxylic acids is 3. The minimum atomic E-state index is -0.331. The topological polar surface area (TPSA) is 84.9 Å². The molecule has 4 rings (SSSR count). The molecular formula is C23H26N2O5S. The number of ketones is 1. The Kier molecular flexibility index (Phi) is 6.67. The van der Waals surface area contributed by atoms with Gasteiger partial charge in [-0.15, -0.1) is 11.3 Å². The summed E-state index contributed by atoms with van der Waals surface area (Å²) in [5.41, 5.74) is 2.24. The molecule has 0 saturated carbocycles. The number of Topliss-reactive ketones (excluding diaryl/α,β-unsaturated/α-hetero) is 1. The Bertz CT molecular complexity index is 994. The lowest BCUT2D eigenvalue weighted by atomic mass is 9.95. The van der Waals surface area contributed by atoms with Gasteiger partial charge in [0.2, 0.25) is 0 Å². The van der Waals surface area contributed by atoms with E-state index < -0.39 is 0 Å². The van der Waals surface area contributed by atoms with Crippen LogP contribution in [0.1, 0.15) is 50.9 Å². The van der Waals surface area contributed by atoms with Crippen molar-refractivity contribution in [3.8, 4) is 5.75 Å². The average Bonchev–Trinajstić information content (AvgIpc) is 3.15. The second-order valence-corrected chi connectivity index (χ2v) is 8.85. The highest BCUT2D eigenvalue weighted by molar-refractivity contribution is 7.17. The van der Waals surface area contributed by atoms with Crippen molar-refractivity contribution in [1.82, 2.24) is 4.90 Å². The fourth-order valence-corrected chi connectivity index (χ4v) is 5.22. The van der Waals surface area contributed by atoms with Gasteiger partial charge >= 0.3 is 0 Å². The molecule has 1 fully saturated rings. The number of nitrogens with one attached hydrogen (secondary N) is 1. The Morgan fingerprint density at radius 2 is 1.94 bits per heavy atom. The molecule has 0 spiro atoms. The second-order valence-electron chi connectivity index (χ2n) is 7.74. The standard InChI is InChI=1S/C23H26N2O5S/c1-15(26)16-5-4-6-17(13-16)30-14-20(27)24-22-21(18-7-2-3-8-19(18)31-22)23(28)25-9-11-29-12-10-25/h4-6,13H,2-3,7-12,14H2,1H3,(H,24,27). The zero-order valence-corrected chi connectivity index (χ0v) is 18.4.